The predicted molar refractivity (Wildman–Crippen MR) is 305 cm³/mol. The Kier molecular flexibility index (Phi) is 56.0. The molecule has 0 aliphatic carbocycles. The molecule has 0 spiro atoms. The molecule has 70 heavy (non-hydrogen) atoms. The Hall–Kier alpha value is -1.26. The van der Waals surface area contributed by atoms with Crippen LogP contribution in [0.5, 0.6) is 0 Å². The van der Waals surface area contributed by atoms with Crippen LogP contribution in [-0.4, -0.2) is 109 Å². The minimum atomic E-state index is -0.465. The minimum absolute atomic E-state index is 0.0999. The summed E-state index contributed by atoms with van der Waals surface area (Å²) in [6, 6.07) is 0. The molecular weight excluding hydrogens is 867 g/mol. The highest BCUT2D eigenvalue weighted by Gasteiger charge is 2.15. The molecule has 0 aromatic heterocycles. The van der Waals surface area contributed by atoms with E-state index in [2.05, 4.69) is 53.4 Å². The fourth-order valence-corrected chi connectivity index (χ4v) is 9.94. The molecule has 0 aliphatic rings. The van der Waals surface area contributed by atoms with Crippen LogP contribution in [0.25, 0.3) is 0 Å². The molecule has 5 N–H and O–H groups in total. The Balaban J connectivity index is 5.03. The van der Waals surface area contributed by atoms with Crippen molar-refractivity contribution in [3.05, 3.63) is 0 Å². The number of amides is 2. The quantitative estimate of drug-likeness (QED) is 0.0385. The van der Waals surface area contributed by atoms with E-state index in [1.807, 2.05) is 0 Å². The van der Waals surface area contributed by atoms with Gasteiger partial charge in [-0.15, -0.1) is 0 Å². The van der Waals surface area contributed by atoms with Gasteiger partial charge in [-0.2, -0.15) is 0 Å². The number of nitrogens with zero attached hydrogens (tertiary/aromatic N) is 2. The third-order valence-corrected chi connectivity index (χ3v) is 14.6. The van der Waals surface area contributed by atoms with Crippen LogP contribution < -0.4 is 16.0 Å². The summed E-state index contributed by atoms with van der Waals surface area (Å²) in [6.07, 6.45) is 51.8. The number of aliphatic hydroxyl groups is 2. The fourth-order valence-electron chi connectivity index (χ4n) is 9.94. The molecule has 0 radical (unpaired) electrons. The molecule has 0 heterocycles. The van der Waals surface area contributed by atoms with Crippen molar-refractivity contribution in [1.82, 2.24) is 25.8 Å². The second-order valence-corrected chi connectivity index (χ2v) is 21.8. The summed E-state index contributed by atoms with van der Waals surface area (Å²) in [5.74, 6) is 0.259. The molecule has 2 amide bonds. The van der Waals surface area contributed by atoms with Crippen LogP contribution in [0.4, 0.5) is 0 Å². The van der Waals surface area contributed by atoms with Crippen molar-refractivity contribution in [1.29, 1.82) is 0 Å². The Labute approximate surface area is 437 Å². The first-order valence-corrected chi connectivity index (χ1v) is 31.4. The molecule has 0 aromatic rings. The first-order valence-electron chi connectivity index (χ1n) is 31.4. The van der Waals surface area contributed by atoms with Gasteiger partial charge in [0.05, 0.1) is 12.2 Å². The average Bonchev–Trinajstić information content (AvgIpc) is 3.35. The lowest BCUT2D eigenvalue weighted by atomic mass is 10.0. The molecule has 0 aliphatic heterocycles. The third kappa shape index (κ3) is 53.0. The summed E-state index contributed by atoms with van der Waals surface area (Å²) in [5.41, 5.74) is 0. The van der Waals surface area contributed by atoms with E-state index in [9.17, 15) is 19.8 Å². The van der Waals surface area contributed by atoms with E-state index >= 15 is 0 Å². The van der Waals surface area contributed by atoms with E-state index in [1.165, 1.54) is 218 Å². The molecule has 9 nitrogen and oxygen atoms in total. The van der Waals surface area contributed by atoms with Gasteiger partial charge in [0.15, 0.2) is 0 Å². The summed E-state index contributed by atoms with van der Waals surface area (Å²) >= 11 is 0. The van der Waals surface area contributed by atoms with Gasteiger partial charge in [-0.3, -0.25) is 9.59 Å². The maximum atomic E-state index is 12.4. The summed E-state index contributed by atoms with van der Waals surface area (Å²) in [4.78, 5) is 29.9. The lowest BCUT2D eigenvalue weighted by Gasteiger charge is -2.27. The van der Waals surface area contributed by atoms with Gasteiger partial charge in [0.25, 0.3) is 0 Å². The molecule has 418 valence electrons. The number of aliphatic hydroxyl groups excluding tert-OH is 2. The number of nitrogens with one attached hydrogen (secondary N) is 3. The van der Waals surface area contributed by atoms with Gasteiger partial charge in [-0.05, 0) is 77.5 Å². The first kappa shape index (κ1) is 68.7. The molecule has 0 bridgehead atoms. The maximum Gasteiger partial charge on any atom is 0.221 e. The van der Waals surface area contributed by atoms with Crippen LogP contribution in [0.3, 0.4) is 0 Å². The lowest BCUT2D eigenvalue weighted by Crippen LogP contribution is -2.40. The van der Waals surface area contributed by atoms with Gasteiger partial charge in [-0.25, -0.2) is 0 Å². The highest BCUT2D eigenvalue weighted by molar-refractivity contribution is 5.76. The van der Waals surface area contributed by atoms with Gasteiger partial charge in [0.1, 0.15) is 0 Å². The number of hydrogen-bond acceptors (Lipinski definition) is 7. The molecule has 0 saturated carbocycles. The van der Waals surface area contributed by atoms with Crippen molar-refractivity contribution in [2.75, 3.05) is 65.4 Å². The van der Waals surface area contributed by atoms with Crippen molar-refractivity contribution in [2.24, 2.45) is 0 Å². The van der Waals surface area contributed by atoms with Gasteiger partial charge < -0.3 is 36.0 Å². The third-order valence-electron chi connectivity index (χ3n) is 14.6. The smallest absolute Gasteiger partial charge is 0.221 e. The first-order chi connectivity index (χ1) is 34.4. The van der Waals surface area contributed by atoms with Crippen molar-refractivity contribution in [2.45, 2.75) is 316 Å². The van der Waals surface area contributed by atoms with Crippen molar-refractivity contribution in [3.8, 4) is 0 Å². The normalized spacial score (nSPS) is 12.6. The number of carbonyl (C=O) groups excluding carboxylic acids is 2. The van der Waals surface area contributed by atoms with Crippen LogP contribution in [0.2, 0.25) is 0 Å². The van der Waals surface area contributed by atoms with Crippen molar-refractivity contribution < 1.29 is 19.8 Å². The summed E-state index contributed by atoms with van der Waals surface area (Å²) in [5, 5.41) is 31.9. The Morgan fingerprint density at radius 1 is 0.343 bits per heavy atom. The molecule has 0 saturated heterocycles. The van der Waals surface area contributed by atoms with Crippen LogP contribution in [0.1, 0.15) is 304 Å². The standard InChI is InChI=1S/C61H125N5O4/c1-5-9-13-17-21-23-25-27-29-31-35-41-51-65(56-58(67)45-37-38-46-60(69)63-48-39-33-19-15-11-7-3)53-43-44-54-66(52-42-36-32-30-28-26-24-22-18-14-10-6-2)57-59(68)55-62-50-47-61(70)64-49-40-34-20-16-12-8-4/h58-59,62,67-68H,5-57H2,1-4H3,(H,63,69)(H,64,70). The van der Waals surface area contributed by atoms with Crippen LogP contribution >= 0.6 is 0 Å². The maximum absolute atomic E-state index is 12.4. The number of unbranched alkanes of at least 4 members (excludes halogenated alkanes) is 34. The Bertz CT molecular complexity index is 971. The molecule has 2 atom stereocenters. The lowest BCUT2D eigenvalue weighted by molar-refractivity contribution is -0.121. The summed E-state index contributed by atoms with van der Waals surface area (Å²) < 4.78 is 0. The van der Waals surface area contributed by atoms with Crippen molar-refractivity contribution in [3.63, 3.8) is 0 Å². The van der Waals surface area contributed by atoms with Crippen LogP contribution in [-0.2, 0) is 9.59 Å². The van der Waals surface area contributed by atoms with E-state index in [-0.39, 0.29) is 17.9 Å². The van der Waals surface area contributed by atoms with E-state index in [0.29, 0.717) is 39.0 Å². The monoisotopic (exact) mass is 992 g/mol. The Morgan fingerprint density at radius 3 is 1.01 bits per heavy atom. The number of hydrogen-bond donors (Lipinski definition) is 5. The SMILES string of the molecule is CCCCCCCCCCCCCCN(CCCCN(CCCCCCCCCCCCCC)CC(O)CNCCC(=O)NCCCCCCCC)CC(O)CCCCC(=O)NCCCCCCCC. The van der Waals surface area contributed by atoms with Crippen LogP contribution in [0, 0.1) is 0 Å². The predicted octanol–water partition coefficient (Wildman–Crippen LogP) is 15.0. The topological polar surface area (TPSA) is 117 Å². The van der Waals surface area contributed by atoms with E-state index in [0.717, 1.165) is 84.2 Å². The zero-order valence-electron chi connectivity index (χ0n) is 47.7. The summed E-state index contributed by atoms with van der Waals surface area (Å²) in [6.45, 7) is 17.1. The second kappa shape index (κ2) is 57.0. The number of carbonyl (C=O) groups is 2. The second-order valence-electron chi connectivity index (χ2n) is 21.8. The molecule has 2 unspecified atom stereocenters. The van der Waals surface area contributed by atoms with Crippen molar-refractivity contribution >= 4 is 11.8 Å². The molecule has 0 fully saturated rings. The molecular formula is C61H125N5O4. The van der Waals surface area contributed by atoms with Gasteiger partial charge in [0, 0.05) is 52.1 Å². The van der Waals surface area contributed by atoms with E-state index in [1.54, 1.807) is 0 Å². The molecule has 0 rings (SSSR count). The average molecular weight is 993 g/mol. The molecule has 9 heteroatoms. The zero-order chi connectivity index (χ0) is 51.1. The van der Waals surface area contributed by atoms with E-state index < -0.39 is 6.10 Å². The largest absolute Gasteiger partial charge is 0.392 e. The van der Waals surface area contributed by atoms with Crippen LogP contribution in [0.15, 0.2) is 0 Å². The molecule has 0 aromatic carbocycles. The number of rotatable bonds is 59. The van der Waals surface area contributed by atoms with E-state index in [4.69, 9.17) is 0 Å². The van der Waals surface area contributed by atoms with Gasteiger partial charge in [-0.1, -0.05) is 240 Å². The summed E-state index contributed by atoms with van der Waals surface area (Å²) in [7, 11) is 0. The zero-order valence-corrected chi connectivity index (χ0v) is 47.7. The Morgan fingerprint density at radius 2 is 0.643 bits per heavy atom. The minimum Gasteiger partial charge on any atom is -0.392 e. The fraction of sp³-hybridized carbons (Fsp3) is 0.967. The highest BCUT2D eigenvalue weighted by atomic mass is 16.3. The highest BCUT2D eigenvalue weighted by Crippen LogP contribution is 2.16. The van der Waals surface area contributed by atoms with Gasteiger partial charge >= 0.3 is 0 Å². The van der Waals surface area contributed by atoms with Gasteiger partial charge in [0.2, 0.25) is 11.8 Å².